The SMILES string of the molecule is N#CCCCCSc1ncccc1C(=O)O. The summed E-state index contributed by atoms with van der Waals surface area (Å²) in [6, 6.07) is 5.24. The fraction of sp³-hybridized carbons (Fsp3) is 0.364. The Balaban J connectivity index is 2.47. The Morgan fingerprint density at radius 2 is 2.38 bits per heavy atom. The molecule has 1 heterocycles. The number of rotatable bonds is 6. The summed E-state index contributed by atoms with van der Waals surface area (Å²) in [7, 11) is 0. The van der Waals surface area contributed by atoms with Crippen LogP contribution in [0, 0.1) is 11.3 Å². The van der Waals surface area contributed by atoms with Gasteiger partial charge in [0.2, 0.25) is 0 Å². The van der Waals surface area contributed by atoms with Crippen molar-refractivity contribution in [1.82, 2.24) is 4.98 Å². The Hall–Kier alpha value is -1.54. The average Bonchev–Trinajstić information content (AvgIpc) is 2.29. The van der Waals surface area contributed by atoms with Gasteiger partial charge in [0.25, 0.3) is 0 Å². The van der Waals surface area contributed by atoms with Gasteiger partial charge < -0.3 is 5.11 Å². The van der Waals surface area contributed by atoms with E-state index >= 15 is 0 Å². The Bertz CT molecular complexity index is 401. The number of aromatic carboxylic acids is 1. The zero-order valence-electron chi connectivity index (χ0n) is 8.72. The summed E-state index contributed by atoms with van der Waals surface area (Å²) in [6.45, 7) is 0. The number of carboxylic acids is 1. The lowest BCUT2D eigenvalue weighted by atomic mass is 10.3. The molecule has 0 aliphatic carbocycles. The largest absolute Gasteiger partial charge is 0.478 e. The van der Waals surface area contributed by atoms with Gasteiger partial charge in [-0.2, -0.15) is 5.26 Å². The molecule has 1 N–H and O–H groups in total. The van der Waals surface area contributed by atoms with Crippen LogP contribution in [0.3, 0.4) is 0 Å². The van der Waals surface area contributed by atoms with E-state index in [0.29, 0.717) is 11.4 Å². The number of carboxylic acid groups (broad SMARTS) is 1. The summed E-state index contributed by atoms with van der Waals surface area (Å²) in [5.41, 5.74) is 0.243. The van der Waals surface area contributed by atoms with E-state index in [9.17, 15) is 4.79 Å². The highest BCUT2D eigenvalue weighted by atomic mass is 32.2. The van der Waals surface area contributed by atoms with Gasteiger partial charge in [0.05, 0.1) is 11.6 Å². The van der Waals surface area contributed by atoms with Gasteiger partial charge >= 0.3 is 5.97 Å². The average molecular weight is 236 g/mol. The van der Waals surface area contributed by atoms with Gasteiger partial charge in [0, 0.05) is 12.6 Å². The molecule has 0 bridgehead atoms. The quantitative estimate of drug-likeness (QED) is 0.607. The van der Waals surface area contributed by atoms with Crippen molar-refractivity contribution < 1.29 is 9.90 Å². The first-order valence-electron chi connectivity index (χ1n) is 4.93. The maximum atomic E-state index is 10.9. The molecule has 0 saturated carbocycles. The number of pyridine rings is 1. The van der Waals surface area contributed by atoms with Crippen LogP contribution in [0.1, 0.15) is 29.6 Å². The molecule has 4 nitrogen and oxygen atoms in total. The Morgan fingerprint density at radius 1 is 1.56 bits per heavy atom. The molecule has 1 aromatic heterocycles. The van der Waals surface area contributed by atoms with Crippen LogP contribution < -0.4 is 0 Å². The van der Waals surface area contributed by atoms with E-state index < -0.39 is 5.97 Å². The molecule has 0 saturated heterocycles. The van der Waals surface area contributed by atoms with E-state index in [1.54, 1.807) is 18.3 Å². The standard InChI is InChI=1S/C11H12N2O2S/c12-6-2-1-3-8-16-10-9(11(14)15)5-4-7-13-10/h4-5,7H,1-3,8H2,(H,14,15). The lowest BCUT2D eigenvalue weighted by Gasteiger charge is -2.03. The van der Waals surface area contributed by atoms with E-state index in [1.165, 1.54) is 11.8 Å². The van der Waals surface area contributed by atoms with Crippen LogP contribution >= 0.6 is 11.8 Å². The number of aromatic nitrogens is 1. The normalized spacial score (nSPS) is 9.69. The third kappa shape index (κ3) is 3.91. The minimum absolute atomic E-state index is 0.243. The van der Waals surface area contributed by atoms with Gasteiger partial charge in [0.1, 0.15) is 5.03 Å². The van der Waals surface area contributed by atoms with Crippen molar-refractivity contribution in [2.45, 2.75) is 24.3 Å². The molecule has 0 unspecified atom stereocenters. The van der Waals surface area contributed by atoms with E-state index in [0.717, 1.165) is 18.6 Å². The van der Waals surface area contributed by atoms with Crippen molar-refractivity contribution in [3.05, 3.63) is 23.9 Å². The Labute approximate surface area is 98.3 Å². The van der Waals surface area contributed by atoms with E-state index in [2.05, 4.69) is 11.1 Å². The summed E-state index contributed by atoms with van der Waals surface area (Å²) in [6.07, 6.45) is 3.88. The second-order valence-corrected chi connectivity index (χ2v) is 4.21. The number of unbranched alkanes of at least 4 members (excludes halogenated alkanes) is 2. The predicted octanol–water partition coefficient (Wildman–Crippen LogP) is 2.57. The molecule has 0 amide bonds. The van der Waals surface area contributed by atoms with Gasteiger partial charge in [-0.1, -0.05) is 0 Å². The van der Waals surface area contributed by atoms with Crippen LogP contribution in [0.5, 0.6) is 0 Å². The molecule has 0 atom stereocenters. The number of nitriles is 1. The van der Waals surface area contributed by atoms with Crippen molar-refractivity contribution in [1.29, 1.82) is 5.26 Å². The molecule has 0 aromatic carbocycles. The monoisotopic (exact) mass is 236 g/mol. The molecule has 0 aliphatic heterocycles. The number of thioether (sulfide) groups is 1. The fourth-order valence-corrected chi connectivity index (χ4v) is 2.13. The molecule has 0 spiro atoms. The van der Waals surface area contributed by atoms with Gasteiger partial charge in [0.15, 0.2) is 0 Å². The summed E-state index contributed by atoms with van der Waals surface area (Å²) >= 11 is 1.42. The zero-order valence-corrected chi connectivity index (χ0v) is 9.54. The second-order valence-electron chi connectivity index (χ2n) is 3.12. The minimum Gasteiger partial charge on any atom is -0.478 e. The molecule has 0 fully saturated rings. The molecule has 1 aromatic rings. The van der Waals surface area contributed by atoms with Crippen molar-refractivity contribution in [2.24, 2.45) is 0 Å². The number of hydrogen-bond donors (Lipinski definition) is 1. The molecule has 0 aliphatic rings. The van der Waals surface area contributed by atoms with E-state index in [-0.39, 0.29) is 5.56 Å². The summed E-state index contributed by atoms with van der Waals surface area (Å²) in [5.74, 6) is -0.161. The second kappa shape index (κ2) is 6.85. The lowest BCUT2D eigenvalue weighted by molar-refractivity contribution is 0.0692. The third-order valence-electron chi connectivity index (χ3n) is 1.92. The molecular formula is C11H12N2O2S. The van der Waals surface area contributed by atoms with E-state index in [1.807, 2.05) is 0 Å². The summed E-state index contributed by atoms with van der Waals surface area (Å²) in [4.78, 5) is 14.9. The van der Waals surface area contributed by atoms with Crippen LogP contribution in [0.2, 0.25) is 0 Å². The third-order valence-corrected chi connectivity index (χ3v) is 3.01. The van der Waals surface area contributed by atoms with Crippen molar-refractivity contribution >= 4 is 17.7 Å². The minimum atomic E-state index is -0.951. The Morgan fingerprint density at radius 3 is 3.06 bits per heavy atom. The molecule has 1 rings (SSSR count). The molecule has 84 valence electrons. The van der Waals surface area contributed by atoms with Crippen molar-refractivity contribution in [2.75, 3.05) is 5.75 Å². The van der Waals surface area contributed by atoms with Crippen molar-refractivity contribution in [3.63, 3.8) is 0 Å². The first-order valence-corrected chi connectivity index (χ1v) is 5.92. The number of hydrogen-bond acceptors (Lipinski definition) is 4. The first-order chi connectivity index (χ1) is 7.75. The number of carbonyl (C=O) groups is 1. The lowest BCUT2D eigenvalue weighted by Crippen LogP contribution is -2.00. The van der Waals surface area contributed by atoms with Crippen LogP contribution in [-0.2, 0) is 0 Å². The number of nitrogens with zero attached hydrogens (tertiary/aromatic N) is 2. The van der Waals surface area contributed by atoms with Crippen LogP contribution in [-0.4, -0.2) is 21.8 Å². The summed E-state index contributed by atoms with van der Waals surface area (Å²) < 4.78 is 0. The van der Waals surface area contributed by atoms with Crippen molar-refractivity contribution in [3.8, 4) is 6.07 Å². The van der Waals surface area contributed by atoms with Gasteiger partial charge in [-0.15, -0.1) is 11.8 Å². The molecule has 5 heteroatoms. The molecular weight excluding hydrogens is 224 g/mol. The van der Waals surface area contributed by atoms with Crippen LogP contribution in [0.4, 0.5) is 0 Å². The zero-order chi connectivity index (χ0) is 11.8. The predicted molar refractivity (Wildman–Crippen MR) is 61.4 cm³/mol. The highest BCUT2D eigenvalue weighted by Gasteiger charge is 2.10. The first kappa shape index (κ1) is 12.5. The topological polar surface area (TPSA) is 74.0 Å². The van der Waals surface area contributed by atoms with Gasteiger partial charge in [-0.05, 0) is 30.7 Å². The molecule has 16 heavy (non-hydrogen) atoms. The smallest absolute Gasteiger partial charge is 0.338 e. The highest BCUT2D eigenvalue weighted by molar-refractivity contribution is 7.99. The van der Waals surface area contributed by atoms with Gasteiger partial charge in [-0.25, -0.2) is 9.78 Å². The van der Waals surface area contributed by atoms with Crippen LogP contribution in [0.15, 0.2) is 23.4 Å². The maximum absolute atomic E-state index is 10.9. The van der Waals surface area contributed by atoms with E-state index in [4.69, 9.17) is 10.4 Å². The van der Waals surface area contributed by atoms with Crippen LogP contribution in [0.25, 0.3) is 0 Å². The Kier molecular flexibility index (Phi) is 5.37. The van der Waals surface area contributed by atoms with Gasteiger partial charge in [-0.3, -0.25) is 0 Å². The summed E-state index contributed by atoms with van der Waals surface area (Å²) in [5, 5.41) is 17.8. The maximum Gasteiger partial charge on any atom is 0.338 e. The highest BCUT2D eigenvalue weighted by Crippen LogP contribution is 2.21. The molecule has 0 radical (unpaired) electrons. The fourth-order valence-electron chi connectivity index (χ4n) is 1.14.